The second-order valence-corrected chi connectivity index (χ2v) is 4.27. The number of benzene rings is 1. The largest absolute Gasteiger partial charge is 0.392 e. The van der Waals surface area contributed by atoms with E-state index in [1.54, 1.807) is 0 Å². The predicted octanol–water partition coefficient (Wildman–Crippen LogP) is 3.15. The van der Waals surface area contributed by atoms with Crippen LogP contribution in [0, 0.1) is 0 Å². The summed E-state index contributed by atoms with van der Waals surface area (Å²) in [6, 6.07) is 10.2. The number of hydrogen-bond acceptors (Lipinski definition) is 3. The van der Waals surface area contributed by atoms with E-state index >= 15 is 0 Å². The molecule has 17 heavy (non-hydrogen) atoms. The first-order valence-corrected chi connectivity index (χ1v) is 6.21. The van der Waals surface area contributed by atoms with Crippen LogP contribution in [0.15, 0.2) is 35.5 Å². The minimum absolute atomic E-state index is 0.223. The van der Waals surface area contributed by atoms with E-state index in [0.29, 0.717) is 6.61 Å². The third-order valence-corrected chi connectivity index (χ3v) is 2.90. The molecule has 0 bridgehead atoms. The lowest BCUT2D eigenvalue weighted by atomic mass is 10.1. The Bertz CT molecular complexity index is 362. The van der Waals surface area contributed by atoms with Gasteiger partial charge in [-0.1, -0.05) is 42.4 Å². The molecule has 2 rings (SSSR count). The van der Waals surface area contributed by atoms with Crippen LogP contribution in [-0.4, -0.2) is 18.4 Å². The maximum Gasteiger partial charge on any atom is 0.135 e. The zero-order valence-corrected chi connectivity index (χ0v) is 10.3. The summed E-state index contributed by atoms with van der Waals surface area (Å²) < 4.78 is 5.62. The molecule has 1 aromatic rings. The summed E-state index contributed by atoms with van der Waals surface area (Å²) in [6.45, 7) is 3.51. The van der Waals surface area contributed by atoms with Crippen LogP contribution < -0.4 is 0 Å². The van der Waals surface area contributed by atoms with Crippen LogP contribution in [0.3, 0.4) is 0 Å². The van der Waals surface area contributed by atoms with E-state index in [1.807, 2.05) is 18.2 Å². The third-order valence-electron chi connectivity index (χ3n) is 2.90. The zero-order valence-electron chi connectivity index (χ0n) is 10.3. The second kappa shape index (κ2) is 6.40. The fraction of sp³-hybridized carbons (Fsp3) is 0.500. The van der Waals surface area contributed by atoms with Crippen molar-refractivity contribution >= 4 is 5.71 Å². The summed E-state index contributed by atoms with van der Waals surface area (Å²) in [7, 11) is 0. The highest BCUT2D eigenvalue weighted by Gasteiger charge is 2.18. The molecule has 0 saturated carbocycles. The van der Waals surface area contributed by atoms with Crippen molar-refractivity contribution in [2.45, 2.75) is 38.9 Å². The van der Waals surface area contributed by atoms with Gasteiger partial charge in [0.05, 0.1) is 18.9 Å². The number of ether oxygens (including phenoxy) is 1. The molecule has 1 atom stereocenters. The van der Waals surface area contributed by atoms with Gasteiger partial charge in [-0.05, 0) is 12.0 Å². The van der Waals surface area contributed by atoms with Gasteiger partial charge in [0.15, 0.2) is 0 Å². The first-order valence-electron chi connectivity index (χ1n) is 6.21. The molecule has 92 valence electrons. The molecule has 1 aliphatic heterocycles. The average Bonchev–Trinajstić information content (AvgIpc) is 2.84. The Hall–Kier alpha value is -1.35. The second-order valence-electron chi connectivity index (χ2n) is 4.27. The van der Waals surface area contributed by atoms with Gasteiger partial charge in [0, 0.05) is 12.8 Å². The Labute approximate surface area is 102 Å². The molecule has 0 saturated heterocycles. The molecule has 0 aliphatic carbocycles. The number of hydrogen-bond donors (Lipinski definition) is 0. The van der Waals surface area contributed by atoms with Crippen LogP contribution in [0.1, 0.15) is 31.7 Å². The van der Waals surface area contributed by atoms with Crippen molar-refractivity contribution in [3.8, 4) is 0 Å². The Kier molecular flexibility index (Phi) is 4.56. The van der Waals surface area contributed by atoms with Crippen molar-refractivity contribution in [2.75, 3.05) is 6.61 Å². The van der Waals surface area contributed by atoms with Crippen molar-refractivity contribution in [1.82, 2.24) is 0 Å². The average molecular weight is 233 g/mol. The van der Waals surface area contributed by atoms with E-state index < -0.39 is 0 Å². The van der Waals surface area contributed by atoms with E-state index in [-0.39, 0.29) is 6.10 Å². The standard InChI is InChI=1S/C14H19NO2/c1-2-13-10-14(17-15-13)8-9-16-11-12-6-4-3-5-7-12/h3-7,14H,2,8-11H2,1H3. The molecule has 0 N–H and O–H groups in total. The molecule has 0 amide bonds. The van der Waals surface area contributed by atoms with Crippen LogP contribution in [0.2, 0.25) is 0 Å². The van der Waals surface area contributed by atoms with Gasteiger partial charge in [-0.15, -0.1) is 0 Å². The minimum Gasteiger partial charge on any atom is -0.392 e. The molecule has 1 aliphatic rings. The van der Waals surface area contributed by atoms with Crippen molar-refractivity contribution in [3.05, 3.63) is 35.9 Å². The van der Waals surface area contributed by atoms with Crippen LogP contribution in [-0.2, 0) is 16.2 Å². The SMILES string of the molecule is CCC1=NOC(CCOCc2ccccc2)C1. The Balaban J connectivity index is 1.59. The maximum absolute atomic E-state index is 5.62. The van der Waals surface area contributed by atoms with Gasteiger partial charge < -0.3 is 9.57 Å². The predicted molar refractivity (Wildman–Crippen MR) is 67.9 cm³/mol. The van der Waals surface area contributed by atoms with E-state index in [9.17, 15) is 0 Å². The van der Waals surface area contributed by atoms with Crippen molar-refractivity contribution < 1.29 is 9.57 Å². The topological polar surface area (TPSA) is 30.8 Å². The highest BCUT2D eigenvalue weighted by Crippen LogP contribution is 2.15. The monoisotopic (exact) mass is 233 g/mol. The van der Waals surface area contributed by atoms with Gasteiger partial charge in [0.1, 0.15) is 6.10 Å². The Morgan fingerprint density at radius 3 is 2.88 bits per heavy atom. The normalized spacial score (nSPS) is 18.9. The molecule has 3 nitrogen and oxygen atoms in total. The van der Waals surface area contributed by atoms with Crippen molar-refractivity contribution in [2.24, 2.45) is 5.16 Å². The zero-order chi connectivity index (χ0) is 11.9. The van der Waals surface area contributed by atoms with E-state index in [2.05, 4.69) is 24.2 Å². The summed E-state index contributed by atoms with van der Waals surface area (Å²) >= 11 is 0. The van der Waals surface area contributed by atoms with Gasteiger partial charge in [-0.25, -0.2) is 0 Å². The summed E-state index contributed by atoms with van der Waals surface area (Å²) in [6.07, 6.45) is 3.09. The fourth-order valence-corrected chi connectivity index (χ4v) is 1.83. The molecule has 0 radical (unpaired) electrons. The van der Waals surface area contributed by atoms with Gasteiger partial charge in [0.25, 0.3) is 0 Å². The number of rotatable bonds is 6. The lowest BCUT2D eigenvalue weighted by Crippen LogP contribution is -2.11. The lowest BCUT2D eigenvalue weighted by Gasteiger charge is -2.08. The van der Waals surface area contributed by atoms with E-state index in [0.717, 1.165) is 31.6 Å². The van der Waals surface area contributed by atoms with Gasteiger partial charge in [-0.3, -0.25) is 0 Å². The number of nitrogens with zero attached hydrogens (tertiary/aromatic N) is 1. The molecule has 0 spiro atoms. The van der Waals surface area contributed by atoms with Gasteiger partial charge in [0.2, 0.25) is 0 Å². The Morgan fingerprint density at radius 1 is 1.35 bits per heavy atom. The Morgan fingerprint density at radius 2 is 2.18 bits per heavy atom. The van der Waals surface area contributed by atoms with Crippen molar-refractivity contribution in [1.29, 1.82) is 0 Å². The molecular formula is C14H19NO2. The summed E-state index contributed by atoms with van der Waals surface area (Å²) in [5, 5.41) is 4.03. The first-order chi connectivity index (χ1) is 8.38. The van der Waals surface area contributed by atoms with E-state index in [4.69, 9.17) is 9.57 Å². The molecule has 0 fully saturated rings. The minimum atomic E-state index is 0.223. The van der Waals surface area contributed by atoms with Gasteiger partial charge >= 0.3 is 0 Å². The summed E-state index contributed by atoms with van der Waals surface area (Å²) in [5.41, 5.74) is 2.38. The lowest BCUT2D eigenvalue weighted by molar-refractivity contribution is 0.0391. The quantitative estimate of drug-likeness (QED) is 0.707. The van der Waals surface area contributed by atoms with Crippen LogP contribution in [0.5, 0.6) is 0 Å². The summed E-state index contributed by atoms with van der Waals surface area (Å²) in [5.74, 6) is 0. The van der Waals surface area contributed by atoms with Crippen LogP contribution in [0.25, 0.3) is 0 Å². The number of oxime groups is 1. The molecule has 1 aromatic carbocycles. The molecular weight excluding hydrogens is 214 g/mol. The highest BCUT2D eigenvalue weighted by atomic mass is 16.6. The first kappa shape index (κ1) is 12.1. The highest BCUT2D eigenvalue weighted by molar-refractivity contribution is 5.85. The third kappa shape index (κ3) is 3.86. The molecule has 3 heteroatoms. The van der Waals surface area contributed by atoms with Crippen molar-refractivity contribution in [3.63, 3.8) is 0 Å². The molecule has 0 aromatic heterocycles. The van der Waals surface area contributed by atoms with Crippen LogP contribution in [0.4, 0.5) is 0 Å². The molecule has 1 heterocycles. The van der Waals surface area contributed by atoms with Crippen LogP contribution >= 0.6 is 0 Å². The van der Waals surface area contributed by atoms with E-state index in [1.165, 1.54) is 5.56 Å². The fourth-order valence-electron chi connectivity index (χ4n) is 1.83. The van der Waals surface area contributed by atoms with Gasteiger partial charge in [-0.2, -0.15) is 0 Å². The summed E-state index contributed by atoms with van der Waals surface area (Å²) in [4.78, 5) is 5.32. The molecule has 1 unspecified atom stereocenters. The smallest absolute Gasteiger partial charge is 0.135 e. The maximum atomic E-state index is 5.62.